The van der Waals surface area contributed by atoms with Crippen molar-refractivity contribution < 1.29 is 14.3 Å². The molecule has 140 valence electrons. The second kappa shape index (κ2) is 10.8. The number of aryl methyl sites for hydroxylation is 1. The number of carbonyl (C=O) groups is 1. The van der Waals surface area contributed by atoms with Crippen LogP contribution in [0.25, 0.3) is 0 Å². The van der Waals surface area contributed by atoms with E-state index in [0.29, 0.717) is 26.2 Å². The molecule has 0 spiro atoms. The molecule has 0 aliphatic rings. The average molecular weight is 374 g/mol. The van der Waals surface area contributed by atoms with E-state index in [9.17, 15) is 4.79 Å². The van der Waals surface area contributed by atoms with Gasteiger partial charge in [0.2, 0.25) is 5.91 Å². The smallest absolute Gasteiger partial charge is 0.221 e. The van der Waals surface area contributed by atoms with E-state index in [1.807, 2.05) is 32.0 Å². The first-order chi connectivity index (χ1) is 12.6. The normalized spacial score (nSPS) is 10.4. The topological polar surface area (TPSA) is 47.6 Å². The van der Waals surface area contributed by atoms with E-state index in [0.717, 1.165) is 22.8 Å². The van der Waals surface area contributed by atoms with Gasteiger partial charge in [-0.1, -0.05) is 23.8 Å². The molecule has 0 unspecified atom stereocenters. The number of hydrogen-bond donors (Lipinski definition) is 1. The van der Waals surface area contributed by atoms with Crippen molar-refractivity contribution >= 4 is 17.7 Å². The molecule has 5 heteroatoms. The van der Waals surface area contributed by atoms with Crippen LogP contribution in [0.5, 0.6) is 11.5 Å². The maximum Gasteiger partial charge on any atom is 0.221 e. The summed E-state index contributed by atoms with van der Waals surface area (Å²) in [5, 5.41) is 2.97. The Kier molecular flexibility index (Phi) is 8.35. The molecule has 1 amide bonds. The zero-order chi connectivity index (χ0) is 18.8. The minimum absolute atomic E-state index is 0.0523. The fourth-order valence-electron chi connectivity index (χ4n) is 2.39. The van der Waals surface area contributed by atoms with E-state index in [1.54, 1.807) is 11.8 Å². The van der Waals surface area contributed by atoms with Crippen molar-refractivity contribution in [2.45, 2.75) is 38.6 Å². The Morgan fingerprint density at radius 3 is 2.38 bits per heavy atom. The van der Waals surface area contributed by atoms with Crippen molar-refractivity contribution in [1.29, 1.82) is 0 Å². The highest BCUT2D eigenvalue weighted by Crippen LogP contribution is 2.28. The van der Waals surface area contributed by atoms with Crippen LogP contribution < -0.4 is 14.8 Å². The first kappa shape index (κ1) is 20.2. The number of thioether (sulfide) groups is 1. The first-order valence-corrected chi connectivity index (χ1v) is 9.95. The Labute approximate surface area is 160 Å². The first-order valence-electron chi connectivity index (χ1n) is 8.97. The third-order valence-corrected chi connectivity index (χ3v) is 4.73. The van der Waals surface area contributed by atoms with Crippen LogP contribution in [0, 0.1) is 6.92 Å². The summed E-state index contributed by atoms with van der Waals surface area (Å²) >= 11 is 1.70. The van der Waals surface area contributed by atoms with Gasteiger partial charge in [0.25, 0.3) is 0 Å². The molecule has 2 rings (SSSR count). The van der Waals surface area contributed by atoms with Crippen LogP contribution in [0.4, 0.5) is 0 Å². The summed E-state index contributed by atoms with van der Waals surface area (Å²) < 4.78 is 11.2. The Bertz CT molecular complexity index is 701. The van der Waals surface area contributed by atoms with Gasteiger partial charge in [-0.15, -0.1) is 11.8 Å². The molecule has 2 aromatic carbocycles. The zero-order valence-electron chi connectivity index (χ0n) is 15.7. The van der Waals surface area contributed by atoms with Gasteiger partial charge in [0.15, 0.2) is 11.5 Å². The highest BCUT2D eigenvalue weighted by Gasteiger charge is 2.07. The van der Waals surface area contributed by atoms with Gasteiger partial charge in [0.1, 0.15) is 0 Å². The van der Waals surface area contributed by atoms with E-state index >= 15 is 0 Å². The number of hydrogen-bond acceptors (Lipinski definition) is 4. The molecule has 0 heterocycles. The number of ether oxygens (including phenoxy) is 2. The van der Waals surface area contributed by atoms with Crippen molar-refractivity contribution in [3.05, 3.63) is 53.6 Å². The SMILES string of the molecule is CCOc1ccc(CNC(=O)CCSc2ccc(C)cc2)cc1OCC. The van der Waals surface area contributed by atoms with Crippen LogP contribution >= 0.6 is 11.8 Å². The molecule has 0 atom stereocenters. The Balaban J connectivity index is 1.79. The van der Waals surface area contributed by atoms with Gasteiger partial charge in [0.05, 0.1) is 13.2 Å². The summed E-state index contributed by atoms with van der Waals surface area (Å²) in [7, 11) is 0. The highest BCUT2D eigenvalue weighted by atomic mass is 32.2. The van der Waals surface area contributed by atoms with Gasteiger partial charge >= 0.3 is 0 Å². The van der Waals surface area contributed by atoms with E-state index in [1.165, 1.54) is 10.5 Å². The molecular formula is C21H27NO3S. The third kappa shape index (κ3) is 6.64. The van der Waals surface area contributed by atoms with Gasteiger partial charge in [-0.25, -0.2) is 0 Å². The lowest BCUT2D eigenvalue weighted by atomic mass is 10.2. The summed E-state index contributed by atoms with van der Waals surface area (Å²) in [4.78, 5) is 13.3. The molecule has 2 aromatic rings. The molecule has 0 fully saturated rings. The average Bonchev–Trinajstić information content (AvgIpc) is 2.64. The van der Waals surface area contributed by atoms with Crippen LogP contribution in [0.1, 0.15) is 31.4 Å². The molecule has 0 saturated heterocycles. The van der Waals surface area contributed by atoms with Gasteiger partial charge in [-0.2, -0.15) is 0 Å². The Morgan fingerprint density at radius 2 is 1.69 bits per heavy atom. The standard InChI is InChI=1S/C21H27NO3S/c1-4-24-19-11-8-17(14-20(19)25-5-2)15-22-21(23)12-13-26-18-9-6-16(3)7-10-18/h6-11,14H,4-5,12-13,15H2,1-3H3,(H,22,23). The van der Waals surface area contributed by atoms with Crippen LogP contribution in [0.3, 0.4) is 0 Å². The van der Waals surface area contributed by atoms with Crippen LogP contribution in [0.15, 0.2) is 47.4 Å². The lowest BCUT2D eigenvalue weighted by Crippen LogP contribution is -2.23. The lowest BCUT2D eigenvalue weighted by Gasteiger charge is -2.13. The molecule has 26 heavy (non-hydrogen) atoms. The zero-order valence-corrected chi connectivity index (χ0v) is 16.5. The van der Waals surface area contributed by atoms with Crippen molar-refractivity contribution in [3.8, 4) is 11.5 Å². The van der Waals surface area contributed by atoms with E-state index in [4.69, 9.17) is 9.47 Å². The van der Waals surface area contributed by atoms with Crippen LogP contribution in [-0.2, 0) is 11.3 Å². The maximum atomic E-state index is 12.1. The second-order valence-corrected chi connectivity index (χ2v) is 7.00. The molecule has 0 bridgehead atoms. The summed E-state index contributed by atoms with van der Waals surface area (Å²) in [6, 6.07) is 14.1. The minimum Gasteiger partial charge on any atom is -0.490 e. The lowest BCUT2D eigenvalue weighted by molar-refractivity contribution is -0.120. The summed E-state index contributed by atoms with van der Waals surface area (Å²) in [5.74, 6) is 2.27. The molecule has 1 N–H and O–H groups in total. The van der Waals surface area contributed by atoms with Crippen molar-refractivity contribution in [2.24, 2.45) is 0 Å². The van der Waals surface area contributed by atoms with Crippen molar-refractivity contribution in [2.75, 3.05) is 19.0 Å². The number of carbonyl (C=O) groups excluding carboxylic acids is 1. The molecule has 0 aromatic heterocycles. The molecule has 0 aliphatic carbocycles. The van der Waals surface area contributed by atoms with Crippen LogP contribution in [0.2, 0.25) is 0 Å². The number of rotatable bonds is 10. The molecule has 4 nitrogen and oxygen atoms in total. The quantitative estimate of drug-likeness (QED) is 0.619. The maximum absolute atomic E-state index is 12.1. The predicted octanol–water partition coefficient (Wildman–Crippen LogP) is 4.59. The molecule has 0 saturated carbocycles. The fourth-order valence-corrected chi connectivity index (χ4v) is 3.24. The number of nitrogens with one attached hydrogen (secondary N) is 1. The monoisotopic (exact) mass is 373 g/mol. The summed E-state index contributed by atoms with van der Waals surface area (Å²) in [5.41, 5.74) is 2.24. The Hall–Kier alpha value is -2.14. The van der Waals surface area contributed by atoms with E-state index in [-0.39, 0.29) is 5.91 Å². The minimum atomic E-state index is 0.0523. The summed E-state index contributed by atoms with van der Waals surface area (Å²) in [6.45, 7) is 7.61. The van der Waals surface area contributed by atoms with Gasteiger partial charge in [-0.3, -0.25) is 4.79 Å². The fraction of sp³-hybridized carbons (Fsp3) is 0.381. The Morgan fingerprint density at radius 1 is 1.00 bits per heavy atom. The van der Waals surface area contributed by atoms with E-state index in [2.05, 4.69) is 36.5 Å². The molecule has 0 radical (unpaired) electrons. The van der Waals surface area contributed by atoms with E-state index < -0.39 is 0 Å². The second-order valence-electron chi connectivity index (χ2n) is 5.84. The third-order valence-electron chi connectivity index (χ3n) is 3.72. The molecule has 0 aliphatic heterocycles. The van der Waals surface area contributed by atoms with Gasteiger partial charge in [-0.05, 0) is 50.6 Å². The van der Waals surface area contributed by atoms with Gasteiger partial charge in [0, 0.05) is 23.6 Å². The predicted molar refractivity (Wildman–Crippen MR) is 107 cm³/mol. The highest BCUT2D eigenvalue weighted by molar-refractivity contribution is 7.99. The summed E-state index contributed by atoms with van der Waals surface area (Å²) in [6.07, 6.45) is 0.494. The van der Waals surface area contributed by atoms with Gasteiger partial charge < -0.3 is 14.8 Å². The van der Waals surface area contributed by atoms with Crippen molar-refractivity contribution in [3.63, 3.8) is 0 Å². The van der Waals surface area contributed by atoms with Crippen LogP contribution in [-0.4, -0.2) is 24.9 Å². The largest absolute Gasteiger partial charge is 0.490 e. The van der Waals surface area contributed by atoms with Crippen molar-refractivity contribution in [1.82, 2.24) is 5.32 Å². The number of amides is 1. The number of benzene rings is 2. The molecular weight excluding hydrogens is 346 g/mol.